The summed E-state index contributed by atoms with van der Waals surface area (Å²) in [5.41, 5.74) is 0.0109. The van der Waals surface area contributed by atoms with Gasteiger partial charge in [-0.05, 0) is 36.5 Å². The molecule has 4 rings (SSSR count). The normalized spacial score (nSPS) is 65.0. The lowest BCUT2D eigenvalue weighted by Gasteiger charge is -2.47. The molecule has 0 aromatic carbocycles. The van der Waals surface area contributed by atoms with Gasteiger partial charge in [0.1, 0.15) is 5.60 Å². The Hall–Kier alpha value is -0.120. The zero-order valence-corrected chi connectivity index (χ0v) is 11.5. The molecule has 3 saturated carbocycles. The molecular formula is C15H24O3. The van der Waals surface area contributed by atoms with Crippen molar-refractivity contribution in [3.8, 4) is 0 Å². The fraction of sp³-hybridized carbons (Fsp3) is 1.00. The van der Waals surface area contributed by atoms with Gasteiger partial charge in [0.2, 0.25) is 0 Å². The van der Waals surface area contributed by atoms with E-state index in [0.717, 1.165) is 13.0 Å². The van der Waals surface area contributed by atoms with Crippen molar-refractivity contribution in [3.63, 3.8) is 0 Å². The predicted octanol–water partition coefficient (Wildman–Crippen LogP) is 1.43. The van der Waals surface area contributed by atoms with Crippen molar-refractivity contribution in [2.24, 2.45) is 35.0 Å². The maximum absolute atomic E-state index is 10.4. The molecule has 0 amide bonds. The molecule has 2 unspecified atom stereocenters. The first-order valence-electron chi connectivity index (χ1n) is 7.44. The van der Waals surface area contributed by atoms with Gasteiger partial charge in [0, 0.05) is 11.3 Å². The summed E-state index contributed by atoms with van der Waals surface area (Å²) in [6.07, 6.45) is 1.30. The van der Waals surface area contributed by atoms with E-state index < -0.39 is 12.2 Å². The Morgan fingerprint density at radius 3 is 2.33 bits per heavy atom. The molecule has 1 spiro atoms. The average Bonchev–Trinajstić information content (AvgIpc) is 3.02. The summed E-state index contributed by atoms with van der Waals surface area (Å²) in [5, 5.41) is 20.8. The van der Waals surface area contributed by atoms with Gasteiger partial charge in [-0.25, -0.2) is 0 Å². The van der Waals surface area contributed by atoms with Gasteiger partial charge in [-0.3, -0.25) is 0 Å². The van der Waals surface area contributed by atoms with E-state index in [1.54, 1.807) is 0 Å². The number of aliphatic hydroxyl groups is 2. The van der Waals surface area contributed by atoms with Gasteiger partial charge in [-0.1, -0.05) is 20.8 Å². The molecule has 0 radical (unpaired) electrons. The maximum atomic E-state index is 10.4. The first-order chi connectivity index (χ1) is 8.44. The van der Waals surface area contributed by atoms with Crippen LogP contribution in [-0.4, -0.2) is 34.6 Å². The summed E-state index contributed by atoms with van der Waals surface area (Å²) < 4.78 is 5.88. The third-order valence-corrected chi connectivity index (χ3v) is 6.96. The Morgan fingerprint density at radius 1 is 1.17 bits per heavy atom. The molecule has 1 heterocycles. The van der Waals surface area contributed by atoms with E-state index in [1.165, 1.54) is 6.42 Å². The van der Waals surface area contributed by atoms with E-state index in [2.05, 4.69) is 20.8 Å². The molecular weight excluding hydrogens is 228 g/mol. The smallest absolute Gasteiger partial charge is 0.103 e. The Balaban J connectivity index is 1.83. The summed E-state index contributed by atoms with van der Waals surface area (Å²) in [7, 11) is 0. The second-order valence-corrected chi connectivity index (χ2v) is 7.65. The van der Waals surface area contributed by atoms with Crippen LogP contribution in [0.4, 0.5) is 0 Å². The summed E-state index contributed by atoms with van der Waals surface area (Å²) in [5.74, 6) is 2.18. The molecule has 4 aliphatic rings. The summed E-state index contributed by atoms with van der Waals surface area (Å²) >= 11 is 0. The van der Waals surface area contributed by atoms with E-state index in [4.69, 9.17) is 4.74 Å². The third kappa shape index (κ3) is 0.981. The van der Waals surface area contributed by atoms with Crippen molar-refractivity contribution < 1.29 is 14.9 Å². The van der Waals surface area contributed by atoms with Gasteiger partial charge in [0.25, 0.3) is 0 Å². The lowest BCUT2D eigenvalue weighted by atomic mass is 9.59. The highest BCUT2D eigenvalue weighted by molar-refractivity contribution is 5.30. The number of ether oxygens (including phenoxy) is 1. The van der Waals surface area contributed by atoms with Gasteiger partial charge >= 0.3 is 0 Å². The molecule has 3 nitrogen and oxygen atoms in total. The minimum atomic E-state index is -0.560. The second-order valence-electron chi connectivity index (χ2n) is 7.65. The lowest BCUT2D eigenvalue weighted by molar-refractivity contribution is -0.107. The maximum Gasteiger partial charge on any atom is 0.103 e. The average molecular weight is 252 g/mol. The van der Waals surface area contributed by atoms with Crippen LogP contribution < -0.4 is 0 Å². The molecule has 1 aliphatic heterocycles. The molecule has 18 heavy (non-hydrogen) atoms. The van der Waals surface area contributed by atoms with Gasteiger partial charge in [0.15, 0.2) is 0 Å². The van der Waals surface area contributed by atoms with Crippen LogP contribution in [0, 0.1) is 35.0 Å². The largest absolute Gasteiger partial charge is 0.390 e. The Labute approximate surface area is 109 Å². The molecule has 2 N–H and O–H groups in total. The standard InChI is InChI=1S/C15H24O3/c1-7(2)8-4-5-14(3)10-9(8)11(13(17)12(10)16)15(14)6-18-15/h7-13,16-17H,4-6H2,1-3H3/t8-,9+,10-,11+,12?,13?,14-,15+/m1/s1. The molecule has 8 atom stereocenters. The van der Waals surface area contributed by atoms with Crippen LogP contribution >= 0.6 is 0 Å². The van der Waals surface area contributed by atoms with Crippen LogP contribution in [0.15, 0.2) is 0 Å². The number of fused-ring (bicyclic) bond motifs is 2. The highest BCUT2D eigenvalue weighted by atomic mass is 16.6. The molecule has 4 bridgehead atoms. The number of rotatable bonds is 1. The number of aliphatic hydroxyl groups excluding tert-OH is 2. The fourth-order valence-corrected chi connectivity index (χ4v) is 6.10. The van der Waals surface area contributed by atoms with Crippen molar-refractivity contribution in [3.05, 3.63) is 0 Å². The van der Waals surface area contributed by atoms with Gasteiger partial charge in [-0.15, -0.1) is 0 Å². The van der Waals surface area contributed by atoms with Gasteiger partial charge in [0.05, 0.1) is 18.8 Å². The van der Waals surface area contributed by atoms with Crippen molar-refractivity contribution in [1.29, 1.82) is 0 Å². The quantitative estimate of drug-likeness (QED) is 0.694. The van der Waals surface area contributed by atoms with Gasteiger partial charge in [-0.2, -0.15) is 0 Å². The zero-order valence-electron chi connectivity index (χ0n) is 11.5. The van der Waals surface area contributed by atoms with E-state index in [-0.39, 0.29) is 22.9 Å². The highest BCUT2D eigenvalue weighted by Gasteiger charge is 2.82. The fourth-order valence-electron chi connectivity index (χ4n) is 6.10. The molecule has 0 aromatic heterocycles. The minimum Gasteiger partial charge on any atom is -0.390 e. The monoisotopic (exact) mass is 252 g/mol. The van der Waals surface area contributed by atoms with Crippen LogP contribution in [0.2, 0.25) is 0 Å². The zero-order chi connectivity index (χ0) is 12.9. The van der Waals surface area contributed by atoms with Crippen LogP contribution in [0.5, 0.6) is 0 Å². The number of hydrogen-bond acceptors (Lipinski definition) is 3. The lowest BCUT2D eigenvalue weighted by Crippen LogP contribution is -2.53. The first kappa shape index (κ1) is 11.7. The summed E-state index contributed by atoms with van der Waals surface area (Å²) in [6, 6.07) is 0. The van der Waals surface area contributed by atoms with E-state index >= 15 is 0 Å². The van der Waals surface area contributed by atoms with Crippen molar-refractivity contribution in [2.75, 3.05) is 6.61 Å². The SMILES string of the molecule is CC(C)[C@H]1CC[C@]2(C)[C@H]3C(O)C(O)[C@H]([C@@H]13)[C@@]21CO1. The Morgan fingerprint density at radius 2 is 1.78 bits per heavy atom. The van der Waals surface area contributed by atoms with Crippen LogP contribution in [-0.2, 0) is 4.74 Å². The highest BCUT2D eigenvalue weighted by Crippen LogP contribution is 2.76. The third-order valence-electron chi connectivity index (χ3n) is 6.96. The Kier molecular flexibility index (Phi) is 2.03. The number of hydrogen-bond donors (Lipinski definition) is 2. The first-order valence-corrected chi connectivity index (χ1v) is 7.44. The van der Waals surface area contributed by atoms with E-state index in [9.17, 15) is 10.2 Å². The summed E-state index contributed by atoms with van der Waals surface area (Å²) in [4.78, 5) is 0. The van der Waals surface area contributed by atoms with Crippen molar-refractivity contribution in [2.45, 2.75) is 51.4 Å². The predicted molar refractivity (Wildman–Crippen MR) is 66.8 cm³/mol. The summed E-state index contributed by atoms with van der Waals surface area (Å²) in [6.45, 7) is 7.66. The molecule has 4 fully saturated rings. The minimum absolute atomic E-state index is 0.0926. The van der Waals surface area contributed by atoms with E-state index in [0.29, 0.717) is 17.8 Å². The molecule has 0 aromatic rings. The van der Waals surface area contributed by atoms with Crippen LogP contribution in [0.3, 0.4) is 0 Å². The van der Waals surface area contributed by atoms with E-state index in [1.807, 2.05) is 0 Å². The van der Waals surface area contributed by atoms with Crippen molar-refractivity contribution >= 4 is 0 Å². The molecule has 102 valence electrons. The van der Waals surface area contributed by atoms with Crippen LogP contribution in [0.25, 0.3) is 0 Å². The van der Waals surface area contributed by atoms with Gasteiger partial charge < -0.3 is 14.9 Å². The van der Waals surface area contributed by atoms with Crippen molar-refractivity contribution in [1.82, 2.24) is 0 Å². The molecule has 1 saturated heterocycles. The second kappa shape index (κ2) is 3.13. The van der Waals surface area contributed by atoms with Crippen LogP contribution in [0.1, 0.15) is 33.6 Å². The Bertz CT molecular complexity index is 379. The molecule has 3 heteroatoms. The number of epoxide rings is 1. The molecule has 3 aliphatic carbocycles. The topological polar surface area (TPSA) is 53.0 Å².